The van der Waals surface area contributed by atoms with Gasteiger partial charge in [-0.15, -0.1) is 0 Å². The van der Waals surface area contributed by atoms with E-state index in [0.29, 0.717) is 22.7 Å². The van der Waals surface area contributed by atoms with Crippen molar-refractivity contribution in [1.29, 1.82) is 0 Å². The zero-order valence-corrected chi connectivity index (χ0v) is 10.8. The molecule has 0 aromatic carbocycles. The second kappa shape index (κ2) is 4.73. The summed E-state index contributed by atoms with van der Waals surface area (Å²) in [6, 6.07) is 9.21. The molecule has 3 aromatic heterocycles. The molecule has 3 heterocycles. The Morgan fingerprint density at radius 2 is 2.10 bits per heavy atom. The third-order valence-corrected chi connectivity index (χ3v) is 3.02. The summed E-state index contributed by atoms with van der Waals surface area (Å²) >= 11 is 0. The summed E-state index contributed by atoms with van der Waals surface area (Å²) in [4.78, 5) is 19.5. The van der Waals surface area contributed by atoms with E-state index in [1.54, 1.807) is 17.6 Å². The summed E-state index contributed by atoms with van der Waals surface area (Å²) in [5, 5.41) is 13.4. The van der Waals surface area contributed by atoms with Gasteiger partial charge < -0.3 is 5.11 Å². The van der Waals surface area contributed by atoms with Crippen molar-refractivity contribution < 1.29 is 9.90 Å². The van der Waals surface area contributed by atoms with E-state index in [4.69, 9.17) is 5.11 Å². The number of rotatable bonds is 3. The molecule has 100 valence electrons. The summed E-state index contributed by atoms with van der Waals surface area (Å²) in [7, 11) is 0. The minimum atomic E-state index is -0.903. The second-order valence-electron chi connectivity index (χ2n) is 4.42. The minimum Gasteiger partial charge on any atom is -0.481 e. The Bertz CT molecular complexity index is 780. The van der Waals surface area contributed by atoms with Crippen molar-refractivity contribution in [1.82, 2.24) is 19.6 Å². The molecule has 0 bridgehead atoms. The number of hydrogen-bond acceptors (Lipinski definition) is 4. The van der Waals surface area contributed by atoms with Gasteiger partial charge in [-0.25, -0.2) is 9.50 Å². The molecule has 0 fully saturated rings. The Morgan fingerprint density at radius 3 is 2.80 bits per heavy atom. The van der Waals surface area contributed by atoms with Crippen molar-refractivity contribution in [2.75, 3.05) is 0 Å². The number of nitrogens with zero attached hydrogens (tertiary/aromatic N) is 4. The van der Waals surface area contributed by atoms with Crippen LogP contribution in [0.1, 0.15) is 11.4 Å². The number of aryl methyl sites for hydroxylation is 1. The van der Waals surface area contributed by atoms with Gasteiger partial charge in [0.05, 0.1) is 23.5 Å². The molecule has 0 aliphatic carbocycles. The maximum atomic E-state index is 10.9. The van der Waals surface area contributed by atoms with E-state index in [0.717, 1.165) is 5.69 Å². The van der Waals surface area contributed by atoms with Gasteiger partial charge in [0, 0.05) is 6.20 Å². The number of carbonyl (C=O) groups is 1. The van der Waals surface area contributed by atoms with Gasteiger partial charge in [0.1, 0.15) is 5.69 Å². The zero-order valence-electron chi connectivity index (χ0n) is 10.8. The lowest BCUT2D eigenvalue weighted by atomic mass is 10.2. The van der Waals surface area contributed by atoms with E-state index >= 15 is 0 Å². The predicted octanol–water partition coefficient (Wildman–Crippen LogP) is 1.73. The summed E-state index contributed by atoms with van der Waals surface area (Å²) in [5.74, 6) is -0.903. The summed E-state index contributed by atoms with van der Waals surface area (Å²) in [5.41, 5.74) is 3.32. The van der Waals surface area contributed by atoms with Crippen LogP contribution in [0.4, 0.5) is 0 Å². The van der Waals surface area contributed by atoms with E-state index in [1.165, 1.54) is 0 Å². The fourth-order valence-corrected chi connectivity index (χ4v) is 2.09. The smallest absolute Gasteiger partial charge is 0.309 e. The molecular weight excluding hydrogens is 256 g/mol. The lowest BCUT2D eigenvalue weighted by Gasteiger charge is -2.02. The van der Waals surface area contributed by atoms with Crippen LogP contribution in [0, 0.1) is 6.92 Å². The van der Waals surface area contributed by atoms with Gasteiger partial charge in [0.15, 0.2) is 5.65 Å². The number of aliphatic carboxylic acids is 1. The van der Waals surface area contributed by atoms with Crippen molar-refractivity contribution in [2.45, 2.75) is 13.3 Å². The van der Waals surface area contributed by atoms with Crippen LogP contribution in [0.2, 0.25) is 0 Å². The SMILES string of the molecule is Cc1nc2ccc(-c3ccccn3)nn2c1CC(=O)O. The first kappa shape index (κ1) is 12.3. The highest BCUT2D eigenvalue weighted by Crippen LogP contribution is 2.17. The molecule has 0 aliphatic heterocycles. The van der Waals surface area contributed by atoms with Gasteiger partial charge in [-0.1, -0.05) is 6.07 Å². The lowest BCUT2D eigenvalue weighted by molar-refractivity contribution is -0.136. The molecule has 0 radical (unpaired) electrons. The average Bonchev–Trinajstić information content (AvgIpc) is 2.75. The summed E-state index contributed by atoms with van der Waals surface area (Å²) in [6.45, 7) is 1.79. The Kier molecular flexibility index (Phi) is 2.90. The number of imidazole rings is 1. The first-order valence-corrected chi connectivity index (χ1v) is 6.13. The Morgan fingerprint density at radius 1 is 1.25 bits per heavy atom. The van der Waals surface area contributed by atoms with E-state index in [1.807, 2.05) is 30.3 Å². The molecule has 0 saturated heterocycles. The van der Waals surface area contributed by atoms with Gasteiger partial charge in [-0.3, -0.25) is 9.78 Å². The summed E-state index contributed by atoms with van der Waals surface area (Å²) < 4.78 is 1.58. The van der Waals surface area contributed by atoms with Crippen LogP contribution in [0.15, 0.2) is 36.5 Å². The van der Waals surface area contributed by atoms with E-state index in [-0.39, 0.29) is 6.42 Å². The van der Waals surface area contributed by atoms with Crippen LogP contribution in [0.3, 0.4) is 0 Å². The normalized spacial score (nSPS) is 10.8. The molecule has 0 amide bonds. The van der Waals surface area contributed by atoms with Crippen molar-refractivity contribution >= 4 is 11.6 Å². The number of carboxylic acid groups (broad SMARTS) is 1. The number of pyridine rings is 1. The van der Waals surface area contributed by atoms with Crippen LogP contribution in [0.25, 0.3) is 17.0 Å². The molecule has 0 unspecified atom stereocenters. The van der Waals surface area contributed by atoms with Crippen molar-refractivity contribution in [2.24, 2.45) is 0 Å². The molecule has 20 heavy (non-hydrogen) atoms. The third-order valence-electron chi connectivity index (χ3n) is 3.02. The van der Waals surface area contributed by atoms with E-state index in [9.17, 15) is 4.79 Å². The first-order valence-electron chi connectivity index (χ1n) is 6.13. The van der Waals surface area contributed by atoms with Gasteiger partial charge >= 0.3 is 5.97 Å². The number of aromatic nitrogens is 4. The van der Waals surface area contributed by atoms with Gasteiger partial charge in [0.25, 0.3) is 0 Å². The standard InChI is InChI=1S/C14H12N4O2/c1-9-12(8-14(19)20)18-13(16-9)6-5-11(17-18)10-4-2-3-7-15-10/h2-7H,8H2,1H3,(H,19,20). The Labute approximate surface area is 114 Å². The lowest BCUT2D eigenvalue weighted by Crippen LogP contribution is -2.07. The molecule has 3 rings (SSSR count). The van der Waals surface area contributed by atoms with Crippen LogP contribution in [0.5, 0.6) is 0 Å². The average molecular weight is 268 g/mol. The van der Waals surface area contributed by atoms with Crippen molar-refractivity contribution in [3.8, 4) is 11.4 Å². The maximum Gasteiger partial charge on any atom is 0.309 e. The van der Waals surface area contributed by atoms with Crippen LogP contribution >= 0.6 is 0 Å². The monoisotopic (exact) mass is 268 g/mol. The molecule has 3 aromatic rings. The van der Waals surface area contributed by atoms with Crippen molar-refractivity contribution in [3.05, 3.63) is 47.9 Å². The molecule has 0 aliphatic rings. The predicted molar refractivity (Wildman–Crippen MR) is 72.3 cm³/mol. The number of carboxylic acids is 1. The fraction of sp³-hybridized carbons (Fsp3) is 0.143. The highest BCUT2D eigenvalue weighted by molar-refractivity contribution is 5.70. The highest BCUT2D eigenvalue weighted by Gasteiger charge is 2.14. The van der Waals surface area contributed by atoms with E-state index in [2.05, 4.69) is 15.1 Å². The molecule has 6 heteroatoms. The minimum absolute atomic E-state index is 0.105. The zero-order chi connectivity index (χ0) is 14.1. The number of hydrogen-bond donors (Lipinski definition) is 1. The molecule has 1 N–H and O–H groups in total. The number of fused-ring (bicyclic) bond motifs is 1. The molecule has 6 nitrogen and oxygen atoms in total. The Balaban J connectivity index is 2.17. The highest BCUT2D eigenvalue weighted by atomic mass is 16.4. The topological polar surface area (TPSA) is 80.4 Å². The fourth-order valence-electron chi connectivity index (χ4n) is 2.09. The van der Waals surface area contributed by atoms with Crippen LogP contribution in [-0.4, -0.2) is 30.7 Å². The molecule has 0 atom stereocenters. The van der Waals surface area contributed by atoms with Gasteiger partial charge in [0.2, 0.25) is 0 Å². The second-order valence-corrected chi connectivity index (χ2v) is 4.42. The maximum absolute atomic E-state index is 10.9. The van der Waals surface area contributed by atoms with Gasteiger partial charge in [-0.05, 0) is 31.2 Å². The third kappa shape index (κ3) is 2.11. The quantitative estimate of drug-likeness (QED) is 0.782. The Hall–Kier alpha value is -2.76. The molecular formula is C14H12N4O2. The van der Waals surface area contributed by atoms with Gasteiger partial charge in [-0.2, -0.15) is 5.10 Å². The van der Waals surface area contributed by atoms with E-state index < -0.39 is 5.97 Å². The van der Waals surface area contributed by atoms with Crippen LogP contribution < -0.4 is 0 Å². The van der Waals surface area contributed by atoms with Crippen LogP contribution in [-0.2, 0) is 11.2 Å². The largest absolute Gasteiger partial charge is 0.481 e. The molecule has 0 saturated carbocycles. The molecule has 0 spiro atoms. The van der Waals surface area contributed by atoms with Crippen molar-refractivity contribution in [3.63, 3.8) is 0 Å². The summed E-state index contributed by atoms with van der Waals surface area (Å²) in [6.07, 6.45) is 1.59. The first-order chi connectivity index (χ1) is 9.65.